The minimum Gasteiger partial charge on any atom is -0.368 e. The van der Waals surface area contributed by atoms with Crippen LogP contribution in [0.25, 0.3) is 0 Å². The van der Waals surface area contributed by atoms with Crippen LogP contribution in [-0.2, 0) is 9.63 Å². The van der Waals surface area contributed by atoms with E-state index in [0.29, 0.717) is 24.2 Å². The molecule has 0 N–H and O–H groups in total. The summed E-state index contributed by atoms with van der Waals surface area (Å²) in [6.07, 6.45) is 3.46. The molecular formula is C24H31NO2. The van der Waals surface area contributed by atoms with Gasteiger partial charge in [-0.05, 0) is 42.2 Å². The molecule has 0 unspecified atom stereocenters. The van der Waals surface area contributed by atoms with Gasteiger partial charge in [-0.3, -0.25) is 4.79 Å². The molecule has 1 aliphatic rings. The van der Waals surface area contributed by atoms with Crippen molar-refractivity contribution in [2.75, 3.05) is 13.1 Å². The number of rotatable bonds is 7. The third-order valence-electron chi connectivity index (χ3n) is 5.44. The van der Waals surface area contributed by atoms with Crippen LogP contribution in [0.2, 0.25) is 0 Å². The van der Waals surface area contributed by atoms with Gasteiger partial charge in [0.2, 0.25) is 0 Å². The Morgan fingerprint density at radius 1 is 0.963 bits per heavy atom. The average molecular weight is 366 g/mol. The van der Waals surface area contributed by atoms with Crippen molar-refractivity contribution in [3.8, 4) is 0 Å². The lowest BCUT2D eigenvalue weighted by molar-refractivity contribution is -0.197. The van der Waals surface area contributed by atoms with E-state index < -0.39 is 0 Å². The predicted molar refractivity (Wildman–Crippen MR) is 109 cm³/mol. The Labute approximate surface area is 163 Å². The van der Waals surface area contributed by atoms with Gasteiger partial charge >= 0.3 is 5.97 Å². The van der Waals surface area contributed by atoms with E-state index in [-0.39, 0.29) is 5.97 Å². The van der Waals surface area contributed by atoms with Crippen LogP contribution in [0.1, 0.15) is 56.6 Å². The summed E-state index contributed by atoms with van der Waals surface area (Å²) in [6.45, 7) is 5.89. The molecule has 0 amide bonds. The smallest absolute Gasteiger partial charge is 0.325 e. The molecule has 1 saturated heterocycles. The first kappa shape index (κ1) is 19.6. The molecular weight excluding hydrogens is 334 g/mol. The van der Waals surface area contributed by atoms with Gasteiger partial charge in [-0.1, -0.05) is 74.5 Å². The Hall–Kier alpha value is -2.13. The van der Waals surface area contributed by atoms with Gasteiger partial charge in [0.15, 0.2) is 0 Å². The van der Waals surface area contributed by atoms with E-state index in [0.717, 1.165) is 32.4 Å². The number of carbonyl (C=O) groups is 1. The molecule has 2 aromatic rings. The fourth-order valence-electron chi connectivity index (χ4n) is 3.95. The van der Waals surface area contributed by atoms with E-state index in [2.05, 4.69) is 74.5 Å². The standard InChI is InChI=1S/C24H31NO2/c1-19(2)13-14-23(26)27-25-17-15-22(16-18-25)24(20-9-5-3-6-10-20)21-11-7-4-8-12-21/h3-12,19,22,24H,13-18H2,1-2H3. The maximum atomic E-state index is 12.0. The first-order chi connectivity index (χ1) is 13.1. The Balaban J connectivity index is 1.63. The fraction of sp³-hybridized carbons (Fsp3) is 0.458. The van der Waals surface area contributed by atoms with Crippen molar-refractivity contribution < 1.29 is 9.63 Å². The summed E-state index contributed by atoms with van der Waals surface area (Å²) in [5, 5.41) is 1.87. The highest BCUT2D eigenvalue weighted by atomic mass is 16.7. The number of piperidine rings is 1. The van der Waals surface area contributed by atoms with E-state index in [1.807, 2.05) is 5.06 Å². The van der Waals surface area contributed by atoms with E-state index in [1.54, 1.807) is 0 Å². The minimum atomic E-state index is -0.0928. The zero-order chi connectivity index (χ0) is 19.1. The van der Waals surface area contributed by atoms with Gasteiger partial charge in [-0.15, -0.1) is 5.06 Å². The second-order valence-corrected chi connectivity index (χ2v) is 7.96. The highest BCUT2D eigenvalue weighted by Crippen LogP contribution is 2.37. The summed E-state index contributed by atoms with van der Waals surface area (Å²) >= 11 is 0. The van der Waals surface area contributed by atoms with Crippen molar-refractivity contribution in [3.05, 3.63) is 71.8 Å². The van der Waals surface area contributed by atoms with Crippen LogP contribution in [0.3, 0.4) is 0 Å². The van der Waals surface area contributed by atoms with E-state index >= 15 is 0 Å². The SMILES string of the molecule is CC(C)CCC(=O)ON1CCC(C(c2ccccc2)c2ccccc2)CC1. The average Bonchev–Trinajstić information content (AvgIpc) is 2.70. The van der Waals surface area contributed by atoms with Crippen LogP contribution >= 0.6 is 0 Å². The summed E-state index contributed by atoms with van der Waals surface area (Å²) in [4.78, 5) is 17.6. The van der Waals surface area contributed by atoms with Crippen LogP contribution < -0.4 is 0 Å². The molecule has 3 rings (SSSR count). The third kappa shape index (κ3) is 5.67. The van der Waals surface area contributed by atoms with Crippen LogP contribution in [0.5, 0.6) is 0 Å². The molecule has 0 bridgehead atoms. The summed E-state index contributed by atoms with van der Waals surface area (Å²) in [5.41, 5.74) is 2.74. The van der Waals surface area contributed by atoms with Crippen LogP contribution in [0.15, 0.2) is 60.7 Å². The Kier molecular flexibility index (Phi) is 7.05. The maximum Gasteiger partial charge on any atom is 0.325 e. The molecule has 0 spiro atoms. The quantitative estimate of drug-likeness (QED) is 0.656. The lowest BCUT2D eigenvalue weighted by atomic mass is 9.76. The highest BCUT2D eigenvalue weighted by Gasteiger charge is 2.30. The molecule has 144 valence electrons. The van der Waals surface area contributed by atoms with Crippen LogP contribution in [0, 0.1) is 11.8 Å². The van der Waals surface area contributed by atoms with Crippen molar-refractivity contribution in [1.29, 1.82) is 0 Å². The second-order valence-electron chi connectivity index (χ2n) is 7.96. The van der Waals surface area contributed by atoms with Crippen LogP contribution in [-0.4, -0.2) is 24.1 Å². The van der Waals surface area contributed by atoms with Crippen molar-refractivity contribution in [2.24, 2.45) is 11.8 Å². The number of hydroxylamine groups is 2. The monoisotopic (exact) mass is 365 g/mol. The van der Waals surface area contributed by atoms with Crippen molar-refractivity contribution in [2.45, 2.75) is 45.4 Å². The molecule has 0 aromatic heterocycles. The maximum absolute atomic E-state index is 12.0. The molecule has 3 nitrogen and oxygen atoms in total. The number of nitrogens with zero attached hydrogens (tertiary/aromatic N) is 1. The Morgan fingerprint density at radius 3 is 1.96 bits per heavy atom. The minimum absolute atomic E-state index is 0.0928. The van der Waals surface area contributed by atoms with Gasteiger partial charge in [-0.25, -0.2) is 0 Å². The molecule has 27 heavy (non-hydrogen) atoms. The van der Waals surface area contributed by atoms with Gasteiger partial charge in [-0.2, -0.15) is 0 Å². The molecule has 0 aliphatic carbocycles. The zero-order valence-corrected chi connectivity index (χ0v) is 16.5. The second kappa shape index (κ2) is 9.70. The zero-order valence-electron chi connectivity index (χ0n) is 16.5. The van der Waals surface area contributed by atoms with Gasteiger partial charge < -0.3 is 4.84 Å². The van der Waals surface area contributed by atoms with Crippen LogP contribution in [0.4, 0.5) is 0 Å². The van der Waals surface area contributed by atoms with Crippen molar-refractivity contribution >= 4 is 5.97 Å². The Morgan fingerprint density at radius 2 is 1.48 bits per heavy atom. The molecule has 3 heteroatoms. The lowest BCUT2D eigenvalue weighted by Gasteiger charge is -2.35. The number of benzene rings is 2. The van der Waals surface area contributed by atoms with Gasteiger partial charge in [0.1, 0.15) is 0 Å². The summed E-state index contributed by atoms with van der Waals surface area (Å²) in [6, 6.07) is 21.6. The van der Waals surface area contributed by atoms with E-state index in [4.69, 9.17) is 4.84 Å². The molecule has 2 aromatic carbocycles. The fourth-order valence-corrected chi connectivity index (χ4v) is 3.95. The van der Waals surface area contributed by atoms with Gasteiger partial charge in [0.25, 0.3) is 0 Å². The molecule has 1 heterocycles. The largest absolute Gasteiger partial charge is 0.368 e. The highest BCUT2D eigenvalue weighted by molar-refractivity contribution is 5.68. The molecule has 0 atom stereocenters. The van der Waals surface area contributed by atoms with Crippen molar-refractivity contribution in [3.63, 3.8) is 0 Å². The number of hydrogen-bond donors (Lipinski definition) is 0. The van der Waals surface area contributed by atoms with E-state index in [9.17, 15) is 4.79 Å². The molecule has 0 saturated carbocycles. The number of hydrogen-bond acceptors (Lipinski definition) is 3. The Bertz CT molecular complexity index is 651. The summed E-state index contributed by atoms with van der Waals surface area (Å²) in [7, 11) is 0. The van der Waals surface area contributed by atoms with E-state index in [1.165, 1.54) is 11.1 Å². The van der Waals surface area contributed by atoms with Gasteiger partial charge in [0, 0.05) is 25.4 Å². The third-order valence-corrected chi connectivity index (χ3v) is 5.44. The first-order valence-electron chi connectivity index (χ1n) is 10.2. The molecule has 1 fully saturated rings. The lowest BCUT2D eigenvalue weighted by Crippen LogP contribution is -2.37. The summed E-state index contributed by atoms with van der Waals surface area (Å²) in [5.74, 6) is 1.39. The van der Waals surface area contributed by atoms with Gasteiger partial charge in [0.05, 0.1) is 0 Å². The molecule has 1 aliphatic heterocycles. The predicted octanol–water partition coefficient (Wildman–Crippen LogP) is 5.42. The number of carbonyl (C=O) groups excluding carboxylic acids is 1. The molecule has 0 radical (unpaired) electrons. The van der Waals surface area contributed by atoms with Crippen molar-refractivity contribution in [1.82, 2.24) is 5.06 Å². The summed E-state index contributed by atoms with van der Waals surface area (Å²) < 4.78 is 0. The normalized spacial score (nSPS) is 16.0. The first-order valence-corrected chi connectivity index (χ1v) is 10.2. The topological polar surface area (TPSA) is 29.5 Å².